The minimum Gasteiger partial charge on any atom is -0.497 e. The van der Waals surface area contributed by atoms with E-state index in [9.17, 15) is 4.79 Å². The molecule has 0 aromatic heterocycles. The third-order valence-electron chi connectivity index (χ3n) is 3.47. The van der Waals surface area contributed by atoms with Gasteiger partial charge in [-0.25, -0.2) is 0 Å². The van der Waals surface area contributed by atoms with Crippen molar-refractivity contribution in [3.63, 3.8) is 0 Å². The van der Waals surface area contributed by atoms with Gasteiger partial charge in [-0.2, -0.15) is 0 Å². The summed E-state index contributed by atoms with van der Waals surface area (Å²) in [6.45, 7) is 0.685. The van der Waals surface area contributed by atoms with Crippen molar-refractivity contribution in [2.75, 3.05) is 25.6 Å². The van der Waals surface area contributed by atoms with Crippen LogP contribution in [0.15, 0.2) is 60.7 Å². The van der Waals surface area contributed by atoms with Crippen molar-refractivity contribution >= 4 is 17.5 Å². The fourth-order valence-electron chi connectivity index (χ4n) is 2.08. The molecule has 3 nitrogen and oxygen atoms in total. The summed E-state index contributed by atoms with van der Waals surface area (Å²) in [4.78, 5) is 14.0. The van der Waals surface area contributed by atoms with Gasteiger partial charge in [0.05, 0.1) is 7.11 Å². The molecule has 0 N–H and O–H groups in total. The third-order valence-corrected chi connectivity index (χ3v) is 3.47. The monoisotopic (exact) mass is 295 g/mol. The van der Waals surface area contributed by atoms with Crippen LogP contribution in [0.2, 0.25) is 0 Å². The number of rotatable bonds is 7. The normalized spacial score (nSPS) is 10.6. The standard InChI is InChI=1S/C19H21NO2/c1-20(17-9-12-19(22-2)13-10-17)15-14-18(21)11-8-16-6-4-3-5-7-16/h3-13H,14-15H2,1-2H3. The molecular weight excluding hydrogens is 274 g/mol. The first kappa shape index (κ1) is 15.8. The zero-order valence-electron chi connectivity index (χ0n) is 13.0. The number of methoxy groups -OCH3 is 1. The summed E-state index contributed by atoms with van der Waals surface area (Å²) >= 11 is 0. The van der Waals surface area contributed by atoms with E-state index in [0.717, 1.165) is 17.0 Å². The quantitative estimate of drug-likeness (QED) is 0.728. The number of allylic oxidation sites excluding steroid dienone is 1. The Morgan fingerprint density at radius 3 is 2.41 bits per heavy atom. The number of benzene rings is 2. The third kappa shape index (κ3) is 4.77. The zero-order chi connectivity index (χ0) is 15.8. The molecular formula is C19H21NO2. The van der Waals surface area contributed by atoms with Gasteiger partial charge in [-0.15, -0.1) is 0 Å². The maximum atomic E-state index is 11.9. The van der Waals surface area contributed by atoms with Crippen LogP contribution < -0.4 is 9.64 Å². The van der Waals surface area contributed by atoms with Crippen LogP contribution in [0.3, 0.4) is 0 Å². The predicted octanol–water partition coefficient (Wildman–Crippen LogP) is 3.80. The van der Waals surface area contributed by atoms with Crippen LogP contribution in [-0.2, 0) is 4.79 Å². The van der Waals surface area contributed by atoms with Crippen LogP contribution in [0.5, 0.6) is 5.75 Å². The molecule has 2 rings (SSSR count). The molecule has 0 saturated heterocycles. The molecule has 0 radical (unpaired) electrons. The number of carbonyl (C=O) groups excluding carboxylic acids is 1. The fraction of sp³-hybridized carbons (Fsp3) is 0.211. The van der Waals surface area contributed by atoms with Gasteiger partial charge < -0.3 is 9.64 Å². The average molecular weight is 295 g/mol. The summed E-state index contributed by atoms with van der Waals surface area (Å²) in [5.41, 5.74) is 2.11. The highest BCUT2D eigenvalue weighted by Crippen LogP contribution is 2.18. The van der Waals surface area contributed by atoms with Crippen LogP contribution in [0.25, 0.3) is 6.08 Å². The van der Waals surface area contributed by atoms with Gasteiger partial charge in [0.25, 0.3) is 0 Å². The summed E-state index contributed by atoms with van der Waals surface area (Å²) in [7, 11) is 3.63. The number of ether oxygens (including phenoxy) is 1. The van der Waals surface area contributed by atoms with E-state index in [1.807, 2.05) is 67.7 Å². The predicted molar refractivity (Wildman–Crippen MR) is 91.4 cm³/mol. The molecule has 22 heavy (non-hydrogen) atoms. The van der Waals surface area contributed by atoms with Crippen LogP contribution >= 0.6 is 0 Å². The van der Waals surface area contributed by atoms with E-state index in [1.165, 1.54) is 0 Å². The number of hydrogen-bond acceptors (Lipinski definition) is 3. The van der Waals surface area contributed by atoms with Gasteiger partial charge in [0.1, 0.15) is 5.75 Å². The second kappa shape index (κ2) is 8.03. The van der Waals surface area contributed by atoms with Crippen LogP contribution in [0.1, 0.15) is 12.0 Å². The molecule has 2 aromatic rings. The number of ketones is 1. The Kier molecular flexibility index (Phi) is 5.78. The van der Waals surface area contributed by atoms with E-state index in [2.05, 4.69) is 4.90 Å². The molecule has 2 aromatic carbocycles. The summed E-state index contributed by atoms with van der Waals surface area (Å²) in [6, 6.07) is 17.7. The van der Waals surface area contributed by atoms with E-state index < -0.39 is 0 Å². The number of carbonyl (C=O) groups is 1. The Morgan fingerprint density at radius 2 is 1.77 bits per heavy atom. The molecule has 3 heteroatoms. The molecule has 0 atom stereocenters. The first-order chi connectivity index (χ1) is 10.7. The van der Waals surface area contributed by atoms with Crippen LogP contribution in [-0.4, -0.2) is 26.5 Å². The molecule has 0 bridgehead atoms. The van der Waals surface area contributed by atoms with Gasteiger partial charge in [0.2, 0.25) is 0 Å². The largest absolute Gasteiger partial charge is 0.497 e. The summed E-state index contributed by atoms with van der Waals surface area (Å²) in [5, 5.41) is 0. The van der Waals surface area contributed by atoms with Gasteiger partial charge >= 0.3 is 0 Å². The van der Waals surface area contributed by atoms with Gasteiger partial charge in [-0.05, 0) is 35.9 Å². The molecule has 0 amide bonds. The lowest BCUT2D eigenvalue weighted by Crippen LogP contribution is -2.20. The zero-order valence-corrected chi connectivity index (χ0v) is 13.0. The number of anilines is 1. The van der Waals surface area contributed by atoms with Gasteiger partial charge in [0, 0.05) is 25.7 Å². The summed E-state index contributed by atoms with van der Waals surface area (Å²) < 4.78 is 5.14. The maximum absolute atomic E-state index is 11.9. The van der Waals surface area contributed by atoms with Crippen molar-refractivity contribution in [2.24, 2.45) is 0 Å². The highest BCUT2D eigenvalue weighted by Gasteiger charge is 2.04. The first-order valence-electron chi connectivity index (χ1n) is 7.30. The Labute approximate surface area is 131 Å². The molecule has 0 aliphatic carbocycles. The Hall–Kier alpha value is -2.55. The van der Waals surface area contributed by atoms with Crippen LogP contribution in [0, 0.1) is 0 Å². The molecule has 0 saturated carbocycles. The molecule has 0 aliphatic heterocycles. The summed E-state index contributed by atoms with van der Waals surface area (Å²) in [5.74, 6) is 0.961. The second-order valence-corrected chi connectivity index (χ2v) is 5.08. The smallest absolute Gasteiger partial charge is 0.157 e. The number of nitrogens with zero attached hydrogens (tertiary/aromatic N) is 1. The second-order valence-electron chi connectivity index (χ2n) is 5.08. The molecule has 114 valence electrons. The Morgan fingerprint density at radius 1 is 1.09 bits per heavy atom. The van der Waals surface area contributed by atoms with Gasteiger partial charge in [-0.3, -0.25) is 4.79 Å². The average Bonchev–Trinajstić information content (AvgIpc) is 2.58. The minimum absolute atomic E-state index is 0.129. The molecule has 0 fully saturated rings. The molecule has 0 heterocycles. The van der Waals surface area contributed by atoms with Crippen LogP contribution in [0.4, 0.5) is 5.69 Å². The summed E-state index contributed by atoms with van der Waals surface area (Å²) in [6.07, 6.45) is 4.00. The maximum Gasteiger partial charge on any atom is 0.157 e. The topological polar surface area (TPSA) is 29.5 Å². The first-order valence-corrected chi connectivity index (χ1v) is 7.30. The number of hydrogen-bond donors (Lipinski definition) is 0. The fourth-order valence-corrected chi connectivity index (χ4v) is 2.08. The highest BCUT2D eigenvalue weighted by molar-refractivity contribution is 5.93. The van der Waals surface area contributed by atoms with E-state index >= 15 is 0 Å². The lowest BCUT2D eigenvalue weighted by molar-refractivity contribution is -0.114. The van der Waals surface area contributed by atoms with Crippen molar-refractivity contribution in [3.8, 4) is 5.75 Å². The van der Waals surface area contributed by atoms with Gasteiger partial charge in [0.15, 0.2) is 5.78 Å². The SMILES string of the molecule is COc1ccc(N(C)CCC(=O)C=Cc2ccccc2)cc1. The van der Waals surface area contributed by atoms with Gasteiger partial charge in [-0.1, -0.05) is 36.4 Å². The molecule has 0 aliphatic rings. The lowest BCUT2D eigenvalue weighted by Gasteiger charge is -2.18. The van der Waals surface area contributed by atoms with E-state index in [4.69, 9.17) is 4.74 Å². The van der Waals surface area contributed by atoms with Crippen molar-refractivity contribution in [2.45, 2.75) is 6.42 Å². The lowest BCUT2D eigenvalue weighted by atomic mass is 10.1. The van der Waals surface area contributed by atoms with Crippen molar-refractivity contribution in [1.29, 1.82) is 0 Å². The van der Waals surface area contributed by atoms with Crippen molar-refractivity contribution in [3.05, 3.63) is 66.2 Å². The van der Waals surface area contributed by atoms with Crippen molar-refractivity contribution in [1.82, 2.24) is 0 Å². The minimum atomic E-state index is 0.129. The molecule has 0 unspecified atom stereocenters. The van der Waals surface area contributed by atoms with E-state index in [0.29, 0.717) is 13.0 Å². The van der Waals surface area contributed by atoms with Crippen molar-refractivity contribution < 1.29 is 9.53 Å². The Balaban J connectivity index is 1.83. The highest BCUT2D eigenvalue weighted by atomic mass is 16.5. The molecule has 0 spiro atoms. The van der Waals surface area contributed by atoms with E-state index in [-0.39, 0.29) is 5.78 Å². The van der Waals surface area contributed by atoms with E-state index in [1.54, 1.807) is 13.2 Å². The Bertz CT molecular complexity index is 618.